The first-order valence-corrected chi connectivity index (χ1v) is 10.5. The molecule has 0 amide bonds. The quantitative estimate of drug-likeness (QED) is 0.331. The molecule has 5 aromatic rings. The van der Waals surface area contributed by atoms with Gasteiger partial charge in [-0.1, -0.05) is 35.5 Å². The number of hydrogen-bond acceptors (Lipinski definition) is 6. The summed E-state index contributed by atoms with van der Waals surface area (Å²) < 4.78 is 16.7. The minimum Gasteiger partial charge on any atom is -0.497 e. The minimum atomic E-state index is -1.000. The molecular formula is C27H20N2O5. The van der Waals surface area contributed by atoms with Gasteiger partial charge in [0.2, 0.25) is 0 Å². The molecule has 3 aromatic carbocycles. The highest BCUT2D eigenvalue weighted by Crippen LogP contribution is 2.33. The molecule has 7 nitrogen and oxygen atoms in total. The average Bonchev–Trinajstić information content (AvgIpc) is 3.31. The maximum Gasteiger partial charge on any atom is 0.335 e. The van der Waals surface area contributed by atoms with Gasteiger partial charge in [0.05, 0.1) is 24.3 Å². The van der Waals surface area contributed by atoms with Crippen LogP contribution < -0.4 is 9.47 Å². The third kappa shape index (κ3) is 4.31. The molecule has 0 aliphatic carbocycles. The number of aromatic nitrogens is 2. The number of carboxylic acids is 1. The molecule has 7 heteroatoms. The van der Waals surface area contributed by atoms with Crippen LogP contribution in [-0.2, 0) is 6.61 Å². The topological polar surface area (TPSA) is 94.7 Å². The Balaban J connectivity index is 1.41. The van der Waals surface area contributed by atoms with Crippen LogP contribution in [0.15, 0.2) is 89.7 Å². The lowest BCUT2D eigenvalue weighted by molar-refractivity contribution is 0.0697. The summed E-state index contributed by atoms with van der Waals surface area (Å²) in [5.74, 6) is 0.959. The first kappa shape index (κ1) is 21.2. The van der Waals surface area contributed by atoms with Crippen LogP contribution in [0.25, 0.3) is 33.4 Å². The number of carbonyl (C=O) groups is 1. The van der Waals surface area contributed by atoms with E-state index in [-0.39, 0.29) is 5.56 Å². The number of nitrogens with zero attached hydrogens (tertiary/aromatic N) is 2. The maximum absolute atomic E-state index is 11.4. The van der Waals surface area contributed by atoms with E-state index in [4.69, 9.17) is 14.0 Å². The molecule has 0 fully saturated rings. The number of ether oxygens (including phenoxy) is 2. The van der Waals surface area contributed by atoms with Crippen LogP contribution in [0, 0.1) is 0 Å². The van der Waals surface area contributed by atoms with Gasteiger partial charge in [-0.15, -0.1) is 0 Å². The van der Waals surface area contributed by atoms with Gasteiger partial charge >= 0.3 is 5.97 Å². The Bertz CT molecular complexity index is 1470. The maximum atomic E-state index is 11.4. The van der Waals surface area contributed by atoms with Gasteiger partial charge in [-0.3, -0.25) is 4.98 Å². The normalized spacial score (nSPS) is 10.9. The lowest BCUT2D eigenvalue weighted by atomic mass is 10.0. The number of benzene rings is 3. The zero-order valence-corrected chi connectivity index (χ0v) is 18.3. The summed E-state index contributed by atoms with van der Waals surface area (Å²) in [5.41, 5.74) is 4.38. The first-order valence-electron chi connectivity index (χ1n) is 10.5. The third-order valence-electron chi connectivity index (χ3n) is 5.46. The minimum absolute atomic E-state index is 0.180. The van der Waals surface area contributed by atoms with Gasteiger partial charge in [0, 0.05) is 17.3 Å². The Hall–Kier alpha value is -4.65. The summed E-state index contributed by atoms with van der Waals surface area (Å²) in [6, 6.07) is 22.1. The molecule has 2 aromatic heterocycles. The molecular weight excluding hydrogens is 432 g/mol. The van der Waals surface area contributed by atoms with E-state index in [0.717, 1.165) is 28.0 Å². The lowest BCUT2D eigenvalue weighted by Crippen LogP contribution is -1.96. The number of pyridine rings is 1. The number of hydrogen-bond donors (Lipinski definition) is 1. The summed E-state index contributed by atoms with van der Waals surface area (Å²) >= 11 is 0. The molecule has 34 heavy (non-hydrogen) atoms. The number of fused-ring (bicyclic) bond motifs is 1. The number of methoxy groups -OCH3 is 1. The van der Waals surface area contributed by atoms with E-state index >= 15 is 0 Å². The molecule has 0 aliphatic heterocycles. The van der Waals surface area contributed by atoms with E-state index in [2.05, 4.69) is 10.1 Å². The molecule has 0 saturated heterocycles. The van der Waals surface area contributed by atoms with Gasteiger partial charge in [0.15, 0.2) is 5.76 Å². The zero-order valence-electron chi connectivity index (χ0n) is 18.3. The van der Waals surface area contributed by atoms with Crippen molar-refractivity contribution in [3.8, 4) is 33.9 Å². The summed E-state index contributed by atoms with van der Waals surface area (Å²) in [6.07, 6.45) is 3.44. The third-order valence-corrected chi connectivity index (χ3v) is 5.46. The Kier molecular flexibility index (Phi) is 5.66. The molecule has 2 heterocycles. The summed E-state index contributed by atoms with van der Waals surface area (Å²) in [4.78, 5) is 15.7. The fourth-order valence-electron chi connectivity index (χ4n) is 3.67. The number of aromatic carboxylic acids is 1. The van der Waals surface area contributed by atoms with Gasteiger partial charge in [0.25, 0.3) is 0 Å². The van der Waals surface area contributed by atoms with Crippen molar-refractivity contribution >= 4 is 16.9 Å². The molecule has 0 unspecified atom stereocenters. The van der Waals surface area contributed by atoms with E-state index in [9.17, 15) is 9.90 Å². The molecule has 0 spiro atoms. The van der Waals surface area contributed by atoms with Crippen molar-refractivity contribution in [2.24, 2.45) is 0 Å². The standard InChI is InChI=1S/C27H20N2O5/c1-32-22-8-5-17(6-9-22)16-33-23-12-21(14-28-15-23)18-3-2-4-19(11-18)26-24-13-20(27(30)31)7-10-25(24)29-34-26/h2-15H,16H2,1H3,(H,30,31). The Labute approximate surface area is 195 Å². The van der Waals surface area contributed by atoms with Crippen molar-refractivity contribution in [2.45, 2.75) is 6.61 Å². The number of rotatable bonds is 7. The van der Waals surface area contributed by atoms with Crippen LogP contribution in [-0.4, -0.2) is 28.3 Å². The van der Waals surface area contributed by atoms with E-state index in [1.54, 1.807) is 31.6 Å². The van der Waals surface area contributed by atoms with Crippen LogP contribution in [0.5, 0.6) is 11.5 Å². The highest BCUT2D eigenvalue weighted by Gasteiger charge is 2.14. The highest BCUT2D eigenvalue weighted by molar-refractivity contribution is 5.98. The average molecular weight is 452 g/mol. The molecule has 0 saturated carbocycles. The Morgan fingerprint density at radius 2 is 1.74 bits per heavy atom. The smallest absolute Gasteiger partial charge is 0.335 e. The van der Waals surface area contributed by atoms with Crippen molar-refractivity contribution in [1.82, 2.24) is 10.1 Å². The van der Waals surface area contributed by atoms with Crippen LogP contribution in [0.2, 0.25) is 0 Å². The van der Waals surface area contributed by atoms with Crippen LogP contribution >= 0.6 is 0 Å². The van der Waals surface area contributed by atoms with E-state index in [1.165, 1.54) is 6.07 Å². The summed E-state index contributed by atoms with van der Waals surface area (Å²) in [5, 5.41) is 14.0. The van der Waals surface area contributed by atoms with Gasteiger partial charge in [-0.05, 0) is 53.6 Å². The molecule has 1 N–H and O–H groups in total. The van der Waals surface area contributed by atoms with Gasteiger partial charge < -0.3 is 19.1 Å². The predicted octanol–water partition coefficient (Wildman–Crippen LogP) is 5.84. The second-order valence-electron chi connectivity index (χ2n) is 7.68. The van der Waals surface area contributed by atoms with Crippen molar-refractivity contribution in [3.05, 3.63) is 96.3 Å². The van der Waals surface area contributed by atoms with Crippen LogP contribution in [0.1, 0.15) is 15.9 Å². The first-order chi connectivity index (χ1) is 16.6. The zero-order chi connectivity index (χ0) is 23.5. The second kappa shape index (κ2) is 9.07. The Morgan fingerprint density at radius 1 is 0.912 bits per heavy atom. The van der Waals surface area contributed by atoms with E-state index in [0.29, 0.717) is 29.0 Å². The van der Waals surface area contributed by atoms with Gasteiger partial charge in [-0.2, -0.15) is 0 Å². The Morgan fingerprint density at radius 3 is 2.53 bits per heavy atom. The largest absolute Gasteiger partial charge is 0.497 e. The van der Waals surface area contributed by atoms with Gasteiger partial charge in [0.1, 0.15) is 23.6 Å². The SMILES string of the molecule is COc1ccc(COc2cncc(-c3cccc(-c4onc5ccc(C(=O)O)cc45)c3)c2)cc1. The molecule has 0 radical (unpaired) electrons. The lowest BCUT2D eigenvalue weighted by Gasteiger charge is -2.09. The van der Waals surface area contributed by atoms with Crippen molar-refractivity contribution < 1.29 is 23.9 Å². The molecule has 0 atom stereocenters. The monoisotopic (exact) mass is 452 g/mol. The van der Waals surface area contributed by atoms with Crippen molar-refractivity contribution in [2.75, 3.05) is 7.11 Å². The number of carboxylic acid groups (broad SMARTS) is 1. The fraction of sp³-hybridized carbons (Fsp3) is 0.0741. The van der Waals surface area contributed by atoms with E-state index < -0.39 is 5.97 Å². The summed E-state index contributed by atoms with van der Waals surface area (Å²) in [6.45, 7) is 0.408. The van der Waals surface area contributed by atoms with Crippen LogP contribution in [0.4, 0.5) is 0 Å². The van der Waals surface area contributed by atoms with Crippen molar-refractivity contribution in [1.29, 1.82) is 0 Å². The summed E-state index contributed by atoms with van der Waals surface area (Å²) in [7, 11) is 1.63. The van der Waals surface area contributed by atoms with Crippen molar-refractivity contribution in [3.63, 3.8) is 0 Å². The predicted molar refractivity (Wildman–Crippen MR) is 127 cm³/mol. The highest BCUT2D eigenvalue weighted by atomic mass is 16.5. The molecule has 168 valence electrons. The molecule has 5 rings (SSSR count). The molecule has 0 bridgehead atoms. The fourth-order valence-corrected chi connectivity index (χ4v) is 3.67. The van der Waals surface area contributed by atoms with Crippen LogP contribution in [0.3, 0.4) is 0 Å². The molecule has 0 aliphatic rings. The van der Waals surface area contributed by atoms with E-state index in [1.807, 2.05) is 54.6 Å². The second-order valence-corrected chi connectivity index (χ2v) is 7.68. The van der Waals surface area contributed by atoms with Gasteiger partial charge in [-0.25, -0.2) is 4.79 Å².